The van der Waals surface area contributed by atoms with Gasteiger partial charge in [0.05, 0.1) is 18.5 Å². The number of nitriles is 1. The molecule has 0 N–H and O–H groups in total. The number of aromatic nitrogens is 4. The summed E-state index contributed by atoms with van der Waals surface area (Å²) < 4.78 is 13.1. The van der Waals surface area contributed by atoms with Crippen molar-refractivity contribution >= 4 is 0 Å². The third-order valence-corrected chi connectivity index (χ3v) is 4.48. The minimum absolute atomic E-state index is 0.361. The first-order valence-corrected chi connectivity index (χ1v) is 9.68. The lowest BCUT2D eigenvalue weighted by Gasteiger charge is -2.10. The maximum atomic E-state index is 9.45. The fourth-order valence-corrected chi connectivity index (χ4v) is 2.94. The molecule has 0 aliphatic heterocycles. The second-order valence-corrected chi connectivity index (χ2v) is 7.38. The number of hydrogen-bond acceptors (Lipinski definition) is 6. The van der Waals surface area contributed by atoms with E-state index in [-0.39, 0.29) is 0 Å². The molecule has 150 valence electrons. The minimum atomic E-state index is 0.361. The highest BCUT2D eigenvalue weighted by Crippen LogP contribution is 2.27. The molecular weight excluding hydrogens is 378 g/mol. The summed E-state index contributed by atoms with van der Waals surface area (Å²) >= 11 is 0. The Balaban J connectivity index is 1.52. The predicted octanol–water partition coefficient (Wildman–Crippen LogP) is 4.55. The molecule has 0 radical (unpaired) electrons. The van der Waals surface area contributed by atoms with Crippen LogP contribution in [0.1, 0.15) is 25.0 Å². The topological polar surface area (TPSA) is 89.8 Å². The largest absolute Gasteiger partial charge is 0.492 e. The van der Waals surface area contributed by atoms with Crippen molar-refractivity contribution < 1.29 is 9.26 Å². The standard InChI is InChI=1S/C23H21N5O2/c1-16(2)14-29-21-8-7-19(11-20(21)12-24)23-26-22(27-30-23)18-5-3-17(4-6-18)13-28-10-9-25-15-28/h3-11,15-16H,13-14H2,1-2H3. The van der Waals surface area contributed by atoms with Crippen molar-refractivity contribution in [3.8, 4) is 34.7 Å². The summed E-state index contributed by atoms with van der Waals surface area (Å²) in [7, 11) is 0. The van der Waals surface area contributed by atoms with Gasteiger partial charge in [0.2, 0.25) is 5.82 Å². The van der Waals surface area contributed by atoms with Gasteiger partial charge in [0.25, 0.3) is 5.89 Å². The highest BCUT2D eigenvalue weighted by molar-refractivity contribution is 5.63. The fourth-order valence-electron chi connectivity index (χ4n) is 2.94. The molecule has 0 saturated carbocycles. The van der Waals surface area contributed by atoms with E-state index in [1.807, 2.05) is 41.1 Å². The smallest absolute Gasteiger partial charge is 0.258 e. The third-order valence-electron chi connectivity index (χ3n) is 4.48. The van der Waals surface area contributed by atoms with Crippen LogP contribution in [-0.4, -0.2) is 26.3 Å². The lowest BCUT2D eigenvalue weighted by atomic mass is 10.1. The molecule has 0 aliphatic carbocycles. The molecule has 4 rings (SSSR count). The van der Waals surface area contributed by atoms with Gasteiger partial charge in [-0.3, -0.25) is 0 Å². The Morgan fingerprint density at radius 2 is 1.93 bits per heavy atom. The van der Waals surface area contributed by atoms with E-state index < -0.39 is 0 Å². The molecule has 4 aromatic rings. The van der Waals surface area contributed by atoms with Gasteiger partial charge in [-0.15, -0.1) is 0 Å². The number of imidazole rings is 1. The molecule has 30 heavy (non-hydrogen) atoms. The van der Waals surface area contributed by atoms with Gasteiger partial charge in [-0.2, -0.15) is 10.2 Å². The van der Waals surface area contributed by atoms with Gasteiger partial charge in [0.1, 0.15) is 11.8 Å². The monoisotopic (exact) mass is 399 g/mol. The molecule has 7 nitrogen and oxygen atoms in total. The Labute approximate surface area is 174 Å². The Morgan fingerprint density at radius 3 is 2.63 bits per heavy atom. The third kappa shape index (κ3) is 4.39. The summed E-state index contributed by atoms with van der Waals surface area (Å²) in [6.45, 7) is 5.42. The van der Waals surface area contributed by atoms with E-state index in [1.54, 1.807) is 24.7 Å². The zero-order valence-corrected chi connectivity index (χ0v) is 16.8. The minimum Gasteiger partial charge on any atom is -0.492 e. The van der Waals surface area contributed by atoms with Crippen LogP contribution >= 0.6 is 0 Å². The van der Waals surface area contributed by atoms with Gasteiger partial charge in [0, 0.05) is 30.1 Å². The van der Waals surface area contributed by atoms with Crippen LogP contribution in [0.3, 0.4) is 0 Å². The summed E-state index contributed by atoms with van der Waals surface area (Å²) in [4.78, 5) is 8.55. The van der Waals surface area contributed by atoms with Gasteiger partial charge < -0.3 is 13.8 Å². The molecule has 0 saturated heterocycles. The summed E-state index contributed by atoms with van der Waals surface area (Å²) in [6.07, 6.45) is 5.47. The molecule has 0 atom stereocenters. The summed E-state index contributed by atoms with van der Waals surface area (Å²) in [5.74, 6) is 1.79. The van der Waals surface area contributed by atoms with Gasteiger partial charge in [-0.1, -0.05) is 43.3 Å². The first-order valence-electron chi connectivity index (χ1n) is 9.68. The molecule has 2 aromatic heterocycles. The van der Waals surface area contributed by atoms with Crippen LogP contribution in [-0.2, 0) is 6.54 Å². The van der Waals surface area contributed by atoms with Gasteiger partial charge in [-0.05, 0) is 29.7 Å². The summed E-state index contributed by atoms with van der Waals surface area (Å²) in [6, 6.07) is 15.5. The van der Waals surface area contributed by atoms with Crippen LogP contribution in [0.25, 0.3) is 22.8 Å². The zero-order chi connectivity index (χ0) is 20.9. The molecule has 0 bridgehead atoms. The Kier molecular flexibility index (Phi) is 5.57. The lowest BCUT2D eigenvalue weighted by Crippen LogP contribution is -2.05. The van der Waals surface area contributed by atoms with Crippen LogP contribution < -0.4 is 4.74 Å². The molecule has 0 aliphatic rings. The second-order valence-electron chi connectivity index (χ2n) is 7.38. The molecule has 2 heterocycles. The van der Waals surface area contributed by atoms with Crippen LogP contribution in [0, 0.1) is 17.2 Å². The van der Waals surface area contributed by atoms with E-state index in [9.17, 15) is 5.26 Å². The maximum Gasteiger partial charge on any atom is 0.258 e. The summed E-state index contributed by atoms with van der Waals surface area (Å²) in [5, 5.41) is 13.5. The van der Waals surface area contributed by atoms with Crippen molar-refractivity contribution in [3.05, 3.63) is 72.3 Å². The van der Waals surface area contributed by atoms with Crippen LogP contribution in [0.15, 0.2) is 65.7 Å². The van der Waals surface area contributed by atoms with E-state index in [0.717, 1.165) is 17.7 Å². The zero-order valence-electron chi connectivity index (χ0n) is 16.8. The van der Waals surface area contributed by atoms with Gasteiger partial charge >= 0.3 is 0 Å². The SMILES string of the molecule is CC(C)COc1ccc(-c2nc(-c3ccc(Cn4ccnc4)cc3)no2)cc1C#N. The van der Waals surface area contributed by atoms with E-state index in [4.69, 9.17) is 9.26 Å². The predicted molar refractivity (Wildman–Crippen MR) is 112 cm³/mol. The molecule has 0 amide bonds. The van der Waals surface area contributed by atoms with Crippen molar-refractivity contribution in [2.75, 3.05) is 6.61 Å². The normalized spacial score (nSPS) is 10.9. The number of rotatable bonds is 7. The van der Waals surface area contributed by atoms with Gasteiger partial charge in [0.15, 0.2) is 0 Å². The molecule has 0 unspecified atom stereocenters. The van der Waals surface area contributed by atoms with Crippen molar-refractivity contribution in [1.82, 2.24) is 19.7 Å². The van der Waals surface area contributed by atoms with Crippen molar-refractivity contribution in [2.24, 2.45) is 5.92 Å². The van der Waals surface area contributed by atoms with E-state index in [1.165, 1.54) is 0 Å². The maximum absolute atomic E-state index is 9.45. The fraction of sp³-hybridized carbons (Fsp3) is 0.217. The Morgan fingerprint density at radius 1 is 1.13 bits per heavy atom. The highest BCUT2D eigenvalue weighted by atomic mass is 16.5. The van der Waals surface area contributed by atoms with Crippen LogP contribution in [0.2, 0.25) is 0 Å². The molecule has 0 spiro atoms. The van der Waals surface area contributed by atoms with Crippen LogP contribution in [0.4, 0.5) is 0 Å². The van der Waals surface area contributed by atoms with E-state index >= 15 is 0 Å². The van der Waals surface area contributed by atoms with E-state index in [2.05, 4.69) is 35.0 Å². The number of ether oxygens (including phenoxy) is 1. The average molecular weight is 399 g/mol. The quantitative estimate of drug-likeness (QED) is 0.453. The first kappa shape index (κ1) is 19.4. The van der Waals surface area contributed by atoms with E-state index in [0.29, 0.717) is 41.1 Å². The Hall–Kier alpha value is -3.92. The number of nitrogens with zero attached hydrogens (tertiary/aromatic N) is 5. The average Bonchev–Trinajstić information content (AvgIpc) is 3.45. The number of hydrogen-bond donors (Lipinski definition) is 0. The molecular formula is C23H21N5O2. The molecule has 7 heteroatoms. The lowest BCUT2D eigenvalue weighted by molar-refractivity contribution is 0.270. The van der Waals surface area contributed by atoms with Crippen LogP contribution in [0.5, 0.6) is 5.75 Å². The molecule has 2 aromatic carbocycles. The number of benzene rings is 2. The van der Waals surface area contributed by atoms with Gasteiger partial charge in [-0.25, -0.2) is 4.98 Å². The second kappa shape index (κ2) is 8.62. The van der Waals surface area contributed by atoms with Crippen molar-refractivity contribution in [2.45, 2.75) is 20.4 Å². The van der Waals surface area contributed by atoms with Crippen molar-refractivity contribution in [1.29, 1.82) is 5.26 Å². The first-order chi connectivity index (χ1) is 14.6. The highest BCUT2D eigenvalue weighted by Gasteiger charge is 2.14. The summed E-state index contributed by atoms with van der Waals surface area (Å²) in [5.41, 5.74) is 3.13. The Bertz CT molecular complexity index is 1160. The van der Waals surface area contributed by atoms with Crippen molar-refractivity contribution in [3.63, 3.8) is 0 Å². The molecule has 0 fully saturated rings.